The second-order valence-corrected chi connectivity index (χ2v) is 4.20. The normalized spacial score (nSPS) is 12.2. The zero-order valence-electron chi connectivity index (χ0n) is 8.86. The molecule has 0 saturated heterocycles. The standard InChI is InChI=1S/C11H15N3/c1-4-11(2,3)9-8-14-6-5-12-10(14)7-13-9/h5-8H,4H2,1-3H3. The van der Waals surface area contributed by atoms with Gasteiger partial charge in [-0.25, -0.2) is 4.98 Å². The molecule has 2 aromatic heterocycles. The molecule has 0 atom stereocenters. The van der Waals surface area contributed by atoms with Gasteiger partial charge < -0.3 is 4.40 Å². The topological polar surface area (TPSA) is 30.2 Å². The zero-order chi connectivity index (χ0) is 10.2. The average molecular weight is 189 g/mol. The van der Waals surface area contributed by atoms with Gasteiger partial charge in [0.05, 0.1) is 11.9 Å². The highest BCUT2D eigenvalue weighted by Gasteiger charge is 2.19. The molecule has 0 bridgehead atoms. The number of aromatic nitrogens is 3. The molecule has 0 N–H and O–H groups in total. The van der Waals surface area contributed by atoms with Gasteiger partial charge in [-0.15, -0.1) is 0 Å². The van der Waals surface area contributed by atoms with Crippen LogP contribution in [0.3, 0.4) is 0 Å². The molecule has 0 aliphatic carbocycles. The third kappa shape index (κ3) is 1.39. The highest BCUT2D eigenvalue weighted by molar-refractivity contribution is 5.35. The molecule has 14 heavy (non-hydrogen) atoms. The molecule has 0 aliphatic rings. The van der Waals surface area contributed by atoms with Gasteiger partial charge in [0.25, 0.3) is 0 Å². The Bertz CT molecular complexity index is 442. The number of nitrogens with zero attached hydrogens (tertiary/aromatic N) is 3. The van der Waals surface area contributed by atoms with E-state index in [0.717, 1.165) is 17.8 Å². The van der Waals surface area contributed by atoms with Gasteiger partial charge in [-0.3, -0.25) is 4.98 Å². The van der Waals surface area contributed by atoms with Crippen molar-refractivity contribution in [3.8, 4) is 0 Å². The first-order chi connectivity index (χ1) is 6.63. The van der Waals surface area contributed by atoms with Crippen LogP contribution in [0.2, 0.25) is 0 Å². The van der Waals surface area contributed by atoms with Crippen LogP contribution in [0.25, 0.3) is 5.65 Å². The van der Waals surface area contributed by atoms with Crippen LogP contribution >= 0.6 is 0 Å². The molecule has 0 radical (unpaired) electrons. The lowest BCUT2D eigenvalue weighted by atomic mass is 9.87. The van der Waals surface area contributed by atoms with Crippen LogP contribution in [0, 0.1) is 0 Å². The van der Waals surface area contributed by atoms with Crippen LogP contribution < -0.4 is 0 Å². The molecular weight excluding hydrogens is 174 g/mol. The van der Waals surface area contributed by atoms with Crippen molar-refractivity contribution in [2.45, 2.75) is 32.6 Å². The van der Waals surface area contributed by atoms with Gasteiger partial charge in [0.2, 0.25) is 0 Å². The minimum absolute atomic E-state index is 0.137. The van der Waals surface area contributed by atoms with Gasteiger partial charge in [-0.2, -0.15) is 0 Å². The SMILES string of the molecule is CCC(C)(C)c1cn2ccnc2cn1. The van der Waals surface area contributed by atoms with Crippen molar-refractivity contribution in [2.24, 2.45) is 0 Å². The fourth-order valence-corrected chi connectivity index (χ4v) is 1.36. The third-order valence-electron chi connectivity index (χ3n) is 2.86. The van der Waals surface area contributed by atoms with E-state index in [1.165, 1.54) is 0 Å². The summed E-state index contributed by atoms with van der Waals surface area (Å²) in [5.74, 6) is 0. The molecular formula is C11H15N3. The van der Waals surface area contributed by atoms with E-state index < -0.39 is 0 Å². The van der Waals surface area contributed by atoms with E-state index in [9.17, 15) is 0 Å². The second-order valence-electron chi connectivity index (χ2n) is 4.20. The van der Waals surface area contributed by atoms with Crippen molar-refractivity contribution < 1.29 is 0 Å². The molecule has 2 aromatic rings. The maximum atomic E-state index is 4.44. The van der Waals surface area contributed by atoms with Crippen molar-refractivity contribution in [3.63, 3.8) is 0 Å². The first-order valence-electron chi connectivity index (χ1n) is 4.92. The van der Waals surface area contributed by atoms with E-state index in [4.69, 9.17) is 0 Å². The number of hydrogen-bond donors (Lipinski definition) is 0. The maximum absolute atomic E-state index is 4.44. The number of fused-ring (bicyclic) bond motifs is 1. The van der Waals surface area contributed by atoms with Crippen molar-refractivity contribution >= 4 is 5.65 Å². The molecule has 0 aliphatic heterocycles. The maximum Gasteiger partial charge on any atom is 0.155 e. The lowest BCUT2D eigenvalue weighted by molar-refractivity contribution is 0.487. The molecule has 0 spiro atoms. The minimum Gasteiger partial charge on any atom is -0.304 e. The summed E-state index contributed by atoms with van der Waals surface area (Å²) < 4.78 is 2.01. The predicted molar refractivity (Wildman–Crippen MR) is 56.3 cm³/mol. The van der Waals surface area contributed by atoms with Crippen molar-refractivity contribution in [2.75, 3.05) is 0 Å². The first-order valence-corrected chi connectivity index (χ1v) is 4.92. The van der Waals surface area contributed by atoms with Crippen molar-refractivity contribution in [1.29, 1.82) is 0 Å². The highest BCUT2D eigenvalue weighted by atomic mass is 15.0. The van der Waals surface area contributed by atoms with Crippen LogP contribution in [-0.4, -0.2) is 14.4 Å². The monoisotopic (exact) mass is 189 g/mol. The minimum atomic E-state index is 0.137. The Morgan fingerprint density at radius 3 is 2.86 bits per heavy atom. The quantitative estimate of drug-likeness (QED) is 0.726. The summed E-state index contributed by atoms with van der Waals surface area (Å²) in [4.78, 5) is 8.61. The lowest BCUT2D eigenvalue weighted by Crippen LogP contribution is -2.18. The smallest absolute Gasteiger partial charge is 0.155 e. The fraction of sp³-hybridized carbons (Fsp3) is 0.455. The largest absolute Gasteiger partial charge is 0.304 e. The van der Waals surface area contributed by atoms with Gasteiger partial charge in [0.15, 0.2) is 5.65 Å². The number of imidazole rings is 1. The summed E-state index contributed by atoms with van der Waals surface area (Å²) in [7, 11) is 0. The van der Waals surface area contributed by atoms with Gasteiger partial charge in [0.1, 0.15) is 0 Å². The van der Waals surface area contributed by atoms with Gasteiger partial charge in [0, 0.05) is 24.0 Å². The number of hydrogen-bond acceptors (Lipinski definition) is 2. The molecule has 0 fully saturated rings. The van der Waals surface area contributed by atoms with Crippen molar-refractivity contribution in [3.05, 3.63) is 30.5 Å². The van der Waals surface area contributed by atoms with E-state index in [1.54, 1.807) is 6.20 Å². The predicted octanol–water partition coefficient (Wildman–Crippen LogP) is 2.42. The molecule has 3 nitrogen and oxygen atoms in total. The van der Waals surface area contributed by atoms with E-state index >= 15 is 0 Å². The van der Waals surface area contributed by atoms with E-state index in [0.29, 0.717) is 0 Å². The summed E-state index contributed by atoms with van der Waals surface area (Å²) in [5, 5.41) is 0. The molecule has 74 valence electrons. The highest BCUT2D eigenvalue weighted by Crippen LogP contribution is 2.24. The van der Waals surface area contributed by atoms with Gasteiger partial charge in [-0.1, -0.05) is 20.8 Å². The van der Waals surface area contributed by atoms with Gasteiger partial charge >= 0.3 is 0 Å². The summed E-state index contributed by atoms with van der Waals surface area (Å²) in [5.41, 5.74) is 2.16. The third-order valence-corrected chi connectivity index (χ3v) is 2.86. The summed E-state index contributed by atoms with van der Waals surface area (Å²) in [6.45, 7) is 6.59. The first kappa shape index (κ1) is 9.19. The second kappa shape index (κ2) is 3.08. The zero-order valence-corrected chi connectivity index (χ0v) is 8.86. The summed E-state index contributed by atoms with van der Waals surface area (Å²) in [6.07, 6.45) is 8.71. The molecule has 0 unspecified atom stereocenters. The van der Waals surface area contributed by atoms with Crippen LogP contribution in [0.5, 0.6) is 0 Å². The van der Waals surface area contributed by atoms with Gasteiger partial charge in [-0.05, 0) is 6.42 Å². The molecule has 0 amide bonds. The summed E-state index contributed by atoms with van der Waals surface area (Å²) >= 11 is 0. The average Bonchev–Trinajstić information content (AvgIpc) is 2.64. The number of rotatable bonds is 2. The van der Waals surface area contributed by atoms with E-state index in [2.05, 4.69) is 36.9 Å². The fourth-order valence-electron chi connectivity index (χ4n) is 1.36. The van der Waals surface area contributed by atoms with Crippen LogP contribution in [0.15, 0.2) is 24.8 Å². The van der Waals surface area contributed by atoms with Crippen LogP contribution in [0.1, 0.15) is 32.9 Å². The Morgan fingerprint density at radius 1 is 1.36 bits per heavy atom. The Morgan fingerprint density at radius 2 is 2.14 bits per heavy atom. The molecule has 2 rings (SSSR count). The van der Waals surface area contributed by atoms with Crippen LogP contribution in [0.4, 0.5) is 0 Å². The van der Waals surface area contributed by atoms with Crippen molar-refractivity contribution in [1.82, 2.24) is 14.4 Å². The summed E-state index contributed by atoms with van der Waals surface area (Å²) in [6, 6.07) is 0. The Labute approximate surface area is 83.8 Å². The Kier molecular flexibility index (Phi) is 2.02. The lowest BCUT2D eigenvalue weighted by Gasteiger charge is -2.21. The molecule has 0 saturated carbocycles. The Balaban J connectivity index is 2.53. The van der Waals surface area contributed by atoms with Crippen LogP contribution in [-0.2, 0) is 5.41 Å². The Hall–Kier alpha value is -1.38. The van der Waals surface area contributed by atoms with E-state index in [-0.39, 0.29) is 5.41 Å². The molecule has 3 heteroatoms. The molecule has 2 heterocycles. The molecule has 0 aromatic carbocycles. The van der Waals surface area contributed by atoms with E-state index in [1.807, 2.05) is 16.8 Å².